The Morgan fingerprint density at radius 2 is 2.00 bits per heavy atom. The van der Waals surface area contributed by atoms with Crippen LogP contribution in [0.4, 0.5) is 0 Å². The quantitative estimate of drug-likeness (QED) is 0.312. The maximum atomic E-state index is 5.58. The Hall–Kier alpha value is 0.660. The van der Waals surface area contributed by atoms with Crippen molar-refractivity contribution in [2.24, 2.45) is 4.99 Å². The minimum absolute atomic E-state index is 0. The minimum atomic E-state index is 0. The summed E-state index contributed by atoms with van der Waals surface area (Å²) in [6.45, 7) is 7.97. The fourth-order valence-electron chi connectivity index (χ4n) is 3.62. The van der Waals surface area contributed by atoms with Crippen LogP contribution < -0.4 is 10.6 Å². The van der Waals surface area contributed by atoms with Crippen molar-refractivity contribution in [2.75, 3.05) is 38.3 Å². The molecule has 148 valence electrons. The molecule has 2 unspecified atom stereocenters. The van der Waals surface area contributed by atoms with Crippen LogP contribution >= 0.6 is 47.5 Å². The number of nitrogens with one attached hydrogen (secondary N) is 2. The molecule has 0 aromatic carbocycles. The molecule has 1 saturated carbocycles. The zero-order valence-corrected chi connectivity index (χ0v) is 20.0. The lowest BCUT2D eigenvalue weighted by Gasteiger charge is -2.35. The van der Waals surface area contributed by atoms with E-state index in [0.717, 1.165) is 56.1 Å². The standard InChI is InChI=1S/C18H35N3OS2.HI/c1-4-19-17(21-15-7-6-8-16(13-15)23-3)20-14-18(24-5-2)9-11-22-12-10-18;/h15-16H,4-14H2,1-3H3,(H2,19,20,21);1H. The number of nitrogens with zero attached hydrogens (tertiary/aromatic N) is 1. The molecule has 25 heavy (non-hydrogen) atoms. The summed E-state index contributed by atoms with van der Waals surface area (Å²) in [5.74, 6) is 2.16. The fraction of sp³-hybridized carbons (Fsp3) is 0.944. The van der Waals surface area contributed by atoms with Crippen molar-refractivity contribution in [1.29, 1.82) is 0 Å². The van der Waals surface area contributed by atoms with Gasteiger partial charge in [0.25, 0.3) is 0 Å². The van der Waals surface area contributed by atoms with Crippen LogP contribution in [0.2, 0.25) is 0 Å². The number of rotatable bonds is 7. The van der Waals surface area contributed by atoms with Crippen LogP contribution in [0.3, 0.4) is 0 Å². The summed E-state index contributed by atoms with van der Waals surface area (Å²) in [4.78, 5) is 4.98. The lowest BCUT2D eigenvalue weighted by atomic mass is 9.95. The summed E-state index contributed by atoms with van der Waals surface area (Å²) in [5.41, 5.74) is 0. The highest BCUT2D eigenvalue weighted by Crippen LogP contribution is 2.35. The molecular weight excluding hydrogens is 465 g/mol. The van der Waals surface area contributed by atoms with E-state index in [1.54, 1.807) is 0 Å². The summed E-state index contributed by atoms with van der Waals surface area (Å²) < 4.78 is 5.84. The third kappa shape index (κ3) is 8.05. The van der Waals surface area contributed by atoms with Crippen molar-refractivity contribution in [1.82, 2.24) is 10.6 Å². The molecule has 2 aliphatic rings. The van der Waals surface area contributed by atoms with Crippen molar-refractivity contribution in [3.05, 3.63) is 0 Å². The summed E-state index contributed by atoms with van der Waals surface area (Å²) in [7, 11) is 0. The first kappa shape index (κ1) is 23.7. The normalized spacial score (nSPS) is 26.6. The minimum Gasteiger partial charge on any atom is -0.381 e. The molecule has 0 aromatic heterocycles. The molecule has 1 heterocycles. The first-order valence-electron chi connectivity index (χ1n) is 9.50. The van der Waals surface area contributed by atoms with Crippen molar-refractivity contribution in [2.45, 2.75) is 68.4 Å². The fourth-order valence-corrected chi connectivity index (χ4v) is 5.68. The van der Waals surface area contributed by atoms with Crippen molar-refractivity contribution in [3.63, 3.8) is 0 Å². The number of aliphatic imine (C=N–C) groups is 1. The molecule has 2 atom stereocenters. The molecule has 0 spiro atoms. The molecule has 1 saturated heterocycles. The van der Waals surface area contributed by atoms with Gasteiger partial charge in [-0.1, -0.05) is 13.3 Å². The van der Waals surface area contributed by atoms with Crippen LogP contribution in [0.5, 0.6) is 0 Å². The molecule has 4 nitrogen and oxygen atoms in total. The number of thioether (sulfide) groups is 2. The van der Waals surface area contributed by atoms with Crippen molar-refractivity contribution < 1.29 is 4.74 Å². The summed E-state index contributed by atoms with van der Waals surface area (Å²) in [5, 5.41) is 7.96. The van der Waals surface area contributed by atoms with Gasteiger partial charge in [-0.2, -0.15) is 23.5 Å². The molecule has 0 amide bonds. The number of ether oxygens (including phenoxy) is 1. The summed E-state index contributed by atoms with van der Waals surface area (Å²) >= 11 is 4.08. The Labute approximate surface area is 179 Å². The Morgan fingerprint density at radius 3 is 2.64 bits per heavy atom. The van der Waals surface area contributed by atoms with Gasteiger partial charge in [0.2, 0.25) is 0 Å². The largest absolute Gasteiger partial charge is 0.381 e. The third-order valence-electron chi connectivity index (χ3n) is 5.02. The van der Waals surface area contributed by atoms with Crippen LogP contribution in [0.1, 0.15) is 52.4 Å². The molecule has 2 fully saturated rings. The average Bonchev–Trinajstić information content (AvgIpc) is 2.61. The molecule has 1 aliphatic carbocycles. The average molecular weight is 502 g/mol. The molecule has 1 aliphatic heterocycles. The van der Waals surface area contributed by atoms with E-state index >= 15 is 0 Å². The van der Waals surface area contributed by atoms with Gasteiger partial charge in [-0.25, -0.2) is 0 Å². The smallest absolute Gasteiger partial charge is 0.191 e. The van der Waals surface area contributed by atoms with E-state index in [9.17, 15) is 0 Å². The van der Waals surface area contributed by atoms with E-state index in [4.69, 9.17) is 9.73 Å². The van der Waals surface area contributed by atoms with E-state index in [-0.39, 0.29) is 28.7 Å². The molecule has 0 aromatic rings. The lowest BCUT2D eigenvalue weighted by Crippen LogP contribution is -2.46. The predicted octanol–water partition coefficient (Wildman–Crippen LogP) is 4.14. The maximum Gasteiger partial charge on any atom is 0.191 e. The van der Waals surface area contributed by atoms with E-state index < -0.39 is 0 Å². The van der Waals surface area contributed by atoms with Crippen LogP contribution in [0, 0.1) is 0 Å². The molecule has 0 radical (unpaired) electrons. The predicted molar refractivity (Wildman–Crippen MR) is 125 cm³/mol. The SMILES string of the molecule is CCNC(=NCC1(SCC)CCOCC1)NC1CCCC(SC)C1.I. The van der Waals surface area contributed by atoms with Crippen molar-refractivity contribution >= 4 is 53.5 Å². The third-order valence-corrected chi connectivity index (χ3v) is 7.56. The highest BCUT2D eigenvalue weighted by molar-refractivity contribution is 14.0. The van der Waals surface area contributed by atoms with Crippen LogP contribution in [0.25, 0.3) is 0 Å². The molecule has 0 bridgehead atoms. The van der Waals surface area contributed by atoms with E-state index in [2.05, 4.69) is 42.5 Å². The van der Waals surface area contributed by atoms with Gasteiger partial charge >= 0.3 is 0 Å². The van der Waals surface area contributed by atoms with Crippen LogP contribution in [-0.4, -0.2) is 60.3 Å². The summed E-state index contributed by atoms with van der Waals surface area (Å²) in [6, 6.07) is 0.568. The maximum absolute atomic E-state index is 5.58. The first-order chi connectivity index (χ1) is 11.7. The van der Waals surface area contributed by atoms with Gasteiger partial charge in [0.05, 0.1) is 6.54 Å². The second-order valence-electron chi connectivity index (χ2n) is 6.79. The topological polar surface area (TPSA) is 45.7 Å². The first-order valence-corrected chi connectivity index (χ1v) is 11.8. The van der Waals surface area contributed by atoms with Gasteiger partial charge in [-0.05, 0) is 51.0 Å². The second kappa shape index (κ2) is 12.9. The van der Waals surface area contributed by atoms with Crippen LogP contribution in [-0.2, 0) is 4.74 Å². The van der Waals surface area contributed by atoms with Gasteiger partial charge in [0.15, 0.2) is 5.96 Å². The zero-order valence-electron chi connectivity index (χ0n) is 16.0. The number of hydrogen-bond donors (Lipinski definition) is 2. The van der Waals surface area contributed by atoms with Crippen molar-refractivity contribution in [3.8, 4) is 0 Å². The Morgan fingerprint density at radius 1 is 1.24 bits per heavy atom. The Kier molecular flexibility index (Phi) is 12.3. The highest BCUT2D eigenvalue weighted by atomic mass is 127. The highest BCUT2D eigenvalue weighted by Gasteiger charge is 2.32. The second-order valence-corrected chi connectivity index (χ2v) is 9.66. The number of halogens is 1. The van der Waals surface area contributed by atoms with E-state index in [0.29, 0.717) is 6.04 Å². The number of hydrogen-bond acceptors (Lipinski definition) is 4. The Bertz CT molecular complexity index is 387. The van der Waals surface area contributed by atoms with Gasteiger partial charge in [0, 0.05) is 35.8 Å². The van der Waals surface area contributed by atoms with E-state index in [1.807, 2.05) is 11.8 Å². The van der Waals surface area contributed by atoms with Gasteiger partial charge in [-0.3, -0.25) is 4.99 Å². The molecule has 2 N–H and O–H groups in total. The monoisotopic (exact) mass is 501 g/mol. The lowest BCUT2D eigenvalue weighted by molar-refractivity contribution is 0.0793. The van der Waals surface area contributed by atoms with E-state index in [1.165, 1.54) is 25.7 Å². The summed E-state index contributed by atoms with van der Waals surface area (Å²) in [6.07, 6.45) is 9.69. The Balaban J connectivity index is 0.00000312. The zero-order chi connectivity index (χ0) is 17.3. The van der Waals surface area contributed by atoms with Crippen LogP contribution in [0.15, 0.2) is 4.99 Å². The molecular formula is C18H36IN3OS2. The number of guanidine groups is 1. The van der Waals surface area contributed by atoms with Gasteiger partial charge < -0.3 is 15.4 Å². The molecule has 7 heteroatoms. The molecule has 2 rings (SSSR count). The van der Waals surface area contributed by atoms with Gasteiger partial charge in [0.1, 0.15) is 0 Å². The van der Waals surface area contributed by atoms with Gasteiger partial charge in [-0.15, -0.1) is 24.0 Å².